The summed E-state index contributed by atoms with van der Waals surface area (Å²) in [6, 6.07) is 0. The molecule has 0 aliphatic heterocycles. The molecule has 0 bridgehead atoms. The molecule has 3 N–H and O–H groups in total. The van der Waals surface area contributed by atoms with Crippen molar-refractivity contribution >= 4 is 29.3 Å². The lowest BCUT2D eigenvalue weighted by molar-refractivity contribution is 0.0293. The molecule has 2 aromatic heterocycles. The molecule has 33 heavy (non-hydrogen) atoms. The highest BCUT2D eigenvalue weighted by molar-refractivity contribution is 9.10. The van der Waals surface area contributed by atoms with Gasteiger partial charge in [-0.05, 0) is 55.5 Å². The minimum Gasteiger partial charge on any atom is -0.384 e. The molecule has 0 unspecified atom stereocenters. The van der Waals surface area contributed by atoms with Crippen LogP contribution in [0, 0.1) is 0 Å². The fraction of sp³-hybridized carbons (Fsp3) is 0.667. The average Bonchev–Trinajstić information content (AvgIpc) is 3.20. The van der Waals surface area contributed by atoms with E-state index >= 15 is 0 Å². The molecule has 0 fully saturated rings. The third kappa shape index (κ3) is 7.05. The summed E-state index contributed by atoms with van der Waals surface area (Å²) in [5.41, 5.74) is 1.71. The second-order valence-electron chi connectivity index (χ2n) is 7.14. The predicted molar refractivity (Wildman–Crippen MR) is 121 cm³/mol. The summed E-state index contributed by atoms with van der Waals surface area (Å²) >= 11 is 3.04. The number of hydrogen-bond acceptors (Lipinski definition) is 8. The Morgan fingerprint density at radius 2 is 1.85 bits per heavy atom. The van der Waals surface area contributed by atoms with Gasteiger partial charge >= 0.3 is 18.9 Å². The molecule has 0 saturated heterocycles. The number of nitrogens with one attached hydrogen (secondary N) is 1. The number of hydrogen-bond donors (Lipinski definition) is 2. The van der Waals surface area contributed by atoms with Crippen LogP contribution in [0.5, 0.6) is 0 Å². The molecule has 0 aromatic carbocycles. The Morgan fingerprint density at radius 1 is 1.18 bits per heavy atom. The zero-order valence-electron chi connectivity index (χ0n) is 18.4. The number of rotatable bonds is 14. The molecule has 0 aliphatic carbocycles. The summed E-state index contributed by atoms with van der Waals surface area (Å²) in [6.07, 6.45) is 2.53. The van der Waals surface area contributed by atoms with Gasteiger partial charge in [0.2, 0.25) is 0 Å². The largest absolute Gasteiger partial charge is 0.399 e. The average molecular weight is 557 g/mol. The van der Waals surface area contributed by atoms with E-state index in [2.05, 4.69) is 31.2 Å². The maximum Gasteiger partial charge on any atom is 0.399 e. The topological polar surface area (TPSA) is 147 Å². The maximum atomic E-state index is 14.4. The summed E-state index contributed by atoms with van der Waals surface area (Å²) in [5.74, 6) is 0.0439. The van der Waals surface area contributed by atoms with Gasteiger partial charge in [0.1, 0.15) is 10.3 Å². The number of unbranched alkanes of at least 4 members (excludes halogenated alkanes) is 1. The highest BCUT2D eigenvalue weighted by Crippen LogP contribution is 2.63. The number of aromatic amines is 1. The Balaban J connectivity index is 1.82. The van der Waals surface area contributed by atoms with Crippen molar-refractivity contribution in [2.75, 3.05) is 18.9 Å². The van der Waals surface area contributed by atoms with Gasteiger partial charge in [-0.25, -0.2) is 4.79 Å². The van der Waals surface area contributed by atoms with Gasteiger partial charge in [-0.1, -0.05) is 5.21 Å². The summed E-state index contributed by atoms with van der Waals surface area (Å²) in [5, 5.41) is 8.00. The molecule has 0 atom stereocenters. The van der Waals surface area contributed by atoms with Crippen molar-refractivity contribution in [1.82, 2.24) is 24.5 Å². The van der Waals surface area contributed by atoms with E-state index in [9.17, 15) is 22.9 Å². The number of aromatic nitrogens is 5. The van der Waals surface area contributed by atoms with Crippen LogP contribution in [0.15, 0.2) is 20.3 Å². The fourth-order valence-corrected chi connectivity index (χ4v) is 4.96. The van der Waals surface area contributed by atoms with Gasteiger partial charge in [-0.2, -0.15) is 8.78 Å². The maximum absolute atomic E-state index is 14.4. The Kier molecular flexibility index (Phi) is 9.95. The Labute approximate surface area is 197 Å². The Hall–Kier alpha value is -1.89. The first-order valence-corrected chi connectivity index (χ1v) is 12.8. The highest BCUT2D eigenvalue weighted by Gasteiger charge is 2.52. The van der Waals surface area contributed by atoms with Crippen LogP contribution in [0.2, 0.25) is 0 Å². The van der Waals surface area contributed by atoms with E-state index in [1.807, 2.05) is 0 Å². The van der Waals surface area contributed by atoms with Crippen LogP contribution in [-0.2, 0) is 33.1 Å². The normalized spacial score (nSPS) is 12.4. The molecular weight excluding hydrogens is 529 g/mol. The SMILES string of the molecule is CCOP(=O)(OCC)C(F)(F)CCCCn1cc(CCCn2c(N)c(Br)c(=O)[nH]c2=O)nn1. The van der Waals surface area contributed by atoms with E-state index in [1.54, 1.807) is 6.20 Å². The second-order valence-corrected chi connectivity index (χ2v) is 10.1. The van der Waals surface area contributed by atoms with Gasteiger partial charge in [0.15, 0.2) is 0 Å². The van der Waals surface area contributed by atoms with Crippen molar-refractivity contribution in [2.24, 2.45) is 0 Å². The van der Waals surface area contributed by atoms with Crippen LogP contribution < -0.4 is 17.0 Å². The van der Waals surface area contributed by atoms with Crippen LogP contribution in [0.1, 0.15) is 45.2 Å². The van der Waals surface area contributed by atoms with E-state index in [0.29, 0.717) is 31.5 Å². The molecule has 15 heteroatoms. The van der Waals surface area contributed by atoms with Gasteiger partial charge < -0.3 is 14.8 Å². The first-order valence-electron chi connectivity index (χ1n) is 10.5. The lowest BCUT2D eigenvalue weighted by atomic mass is 10.2. The predicted octanol–water partition coefficient (Wildman–Crippen LogP) is 3.13. The summed E-state index contributed by atoms with van der Waals surface area (Å²) in [6.45, 7) is 3.33. The molecule has 2 rings (SSSR count). The molecule has 11 nitrogen and oxygen atoms in total. The third-order valence-electron chi connectivity index (χ3n) is 4.69. The number of nitrogens with zero attached hydrogens (tertiary/aromatic N) is 4. The minimum atomic E-state index is -4.51. The molecule has 0 radical (unpaired) electrons. The molecule has 186 valence electrons. The van der Waals surface area contributed by atoms with Crippen molar-refractivity contribution in [3.63, 3.8) is 0 Å². The molecular formula is C18H28BrF2N6O5P. The van der Waals surface area contributed by atoms with E-state index in [1.165, 1.54) is 23.1 Å². The zero-order valence-corrected chi connectivity index (χ0v) is 20.9. The number of halogens is 3. The van der Waals surface area contributed by atoms with Gasteiger partial charge in [0, 0.05) is 25.7 Å². The van der Waals surface area contributed by atoms with Crippen molar-refractivity contribution in [2.45, 2.75) is 64.7 Å². The van der Waals surface area contributed by atoms with Gasteiger partial charge in [0.25, 0.3) is 5.56 Å². The third-order valence-corrected chi connectivity index (χ3v) is 7.68. The first kappa shape index (κ1) is 27.4. The van der Waals surface area contributed by atoms with Gasteiger partial charge in [0.05, 0.1) is 18.9 Å². The van der Waals surface area contributed by atoms with Crippen molar-refractivity contribution < 1.29 is 22.4 Å². The number of aryl methyl sites for hydroxylation is 2. The van der Waals surface area contributed by atoms with E-state index in [4.69, 9.17) is 14.8 Å². The monoisotopic (exact) mass is 556 g/mol. The summed E-state index contributed by atoms with van der Waals surface area (Å²) < 4.78 is 53.4. The summed E-state index contributed by atoms with van der Waals surface area (Å²) in [7, 11) is -4.51. The Bertz CT molecular complexity index is 1080. The molecule has 0 saturated carbocycles. The van der Waals surface area contributed by atoms with E-state index in [-0.39, 0.29) is 36.5 Å². The standard InChI is InChI=1S/C18H28BrF2N6O5P/c1-3-31-33(30,32-4-2)18(20,21)9-5-6-10-26-12-13(24-25-26)8-7-11-27-15(22)14(19)16(28)23-17(27)29/h12H,3-11,22H2,1-2H3,(H,23,28,29). The molecule has 0 aliphatic rings. The zero-order chi connectivity index (χ0) is 24.6. The quantitative estimate of drug-likeness (QED) is 0.266. The number of H-pyrrole nitrogens is 1. The van der Waals surface area contributed by atoms with Crippen LogP contribution in [-0.4, -0.2) is 43.4 Å². The molecule has 0 amide bonds. The highest BCUT2D eigenvalue weighted by atomic mass is 79.9. The number of nitrogens with two attached hydrogens (primary N) is 1. The molecule has 0 spiro atoms. The van der Waals surface area contributed by atoms with Crippen LogP contribution in [0.3, 0.4) is 0 Å². The van der Waals surface area contributed by atoms with Crippen molar-refractivity contribution in [3.05, 3.63) is 37.2 Å². The number of nitrogen functional groups attached to an aromatic ring is 1. The van der Waals surface area contributed by atoms with Crippen molar-refractivity contribution in [3.8, 4) is 0 Å². The van der Waals surface area contributed by atoms with Crippen LogP contribution in [0.4, 0.5) is 14.6 Å². The number of alkyl halides is 2. The van der Waals surface area contributed by atoms with Gasteiger partial charge in [-0.15, -0.1) is 5.10 Å². The second kappa shape index (κ2) is 12.0. The molecule has 2 heterocycles. The van der Waals surface area contributed by atoms with Crippen molar-refractivity contribution in [1.29, 1.82) is 0 Å². The van der Waals surface area contributed by atoms with E-state index < -0.39 is 30.9 Å². The fourth-order valence-electron chi connectivity index (χ4n) is 3.08. The summed E-state index contributed by atoms with van der Waals surface area (Å²) in [4.78, 5) is 25.6. The smallest absolute Gasteiger partial charge is 0.384 e. The first-order chi connectivity index (χ1) is 15.5. The lowest BCUT2D eigenvalue weighted by Gasteiger charge is -2.25. The van der Waals surface area contributed by atoms with Crippen LogP contribution >= 0.6 is 23.5 Å². The number of anilines is 1. The van der Waals surface area contributed by atoms with Gasteiger partial charge in [-0.3, -0.25) is 23.6 Å². The Morgan fingerprint density at radius 3 is 2.48 bits per heavy atom. The molecule has 2 aromatic rings. The minimum absolute atomic E-state index is 0.0439. The van der Waals surface area contributed by atoms with Crippen LogP contribution in [0.25, 0.3) is 0 Å². The lowest BCUT2D eigenvalue weighted by Crippen LogP contribution is -2.32. The van der Waals surface area contributed by atoms with E-state index in [0.717, 1.165) is 0 Å².